The Morgan fingerprint density at radius 1 is 1.25 bits per heavy atom. The molecule has 0 aromatic heterocycles. The predicted octanol–water partition coefficient (Wildman–Crippen LogP) is 2.67. The molecule has 0 saturated carbocycles. The lowest BCUT2D eigenvalue weighted by molar-refractivity contribution is -0.157. The molecular formula is C15H24O4S. The second-order valence-electron chi connectivity index (χ2n) is 5.17. The number of hydrogen-bond donors (Lipinski definition) is 0. The average molecular weight is 300 g/mol. The first-order chi connectivity index (χ1) is 9.58. The Labute approximate surface area is 125 Å². The highest BCUT2D eigenvalue weighted by atomic mass is 32.2. The van der Waals surface area contributed by atoms with Gasteiger partial charge in [0.1, 0.15) is 0 Å². The first kappa shape index (κ1) is 17.1. The van der Waals surface area contributed by atoms with Crippen molar-refractivity contribution in [3.8, 4) is 0 Å². The molecule has 0 amide bonds. The van der Waals surface area contributed by atoms with Gasteiger partial charge in [-0.25, -0.2) is 0 Å². The Hall–Kier alpha value is -0.970. The molecular weight excluding hydrogens is 276 g/mol. The number of methoxy groups -OCH3 is 2. The maximum atomic E-state index is 11.5. The van der Waals surface area contributed by atoms with Gasteiger partial charge in [-0.2, -0.15) is 11.8 Å². The average Bonchev–Trinajstić information content (AvgIpc) is 2.86. The molecule has 4 nitrogen and oxygen atoms in total. The lowest BCUT2D eigenvalue weighted by Crippen LogP contribution is -2.28. The molecule has 1 rings (SSSR count). The van der Waals surface area contributed by atoms with Crippen LogP contribution in [0.4, 0.5) is 0 Å². The largest absolute Gasteiger partial charge is 0.468 e. The van der Waals surface area contributed by atoms with Gasteiger partial charge in [0, 0.05) is 5.75 Å². The number of ether oxygens (including phenoxy) is 2. The number of carbonyl (C=O) groups is 2. The van der Waals surface area contributed by atoms with Gasteiger partial charge < -0.3 is 9.47 Å². The highest BCUT2D eigenvalue weighted by Crippen LogP contribution is 2.27. The maximum absolute atomic E-state index is 11.5. The number of rotatable bonds is 8. The highest BCUT2D eigenvalue weighted by Gasteiger charge is 2.28. The summed E-state index contributed by atoms with van der Waals surface area (Å²) in [6.45, 7) is 2.24. The van der Waals surface area contributed by atoms with Crippen LogP contribution in [-0.2, 0) is 19.1 Å². The predicted molar refractivity (Wildman–Crippen MR) is 80.5 cm³/mol. The van der Waals surface area contributed by atoms with Gasteiger partial charge >= 0.3 is 11.9 Å². The zero-order valence-electron chi connectivity index (χ0n) is 12.5. The molecule has 5 heteroatoms. The van der Waals surface area contributed by atoms with Gasteiger partial charge in [-0.05, 0) is 36.9 Å². The van der Waals surface area contributed by atoms with Crippen LogP contribution in [0.1, 0.15) is 26.2 Å². The Morgan fingerprint density at radius 3 is 2.40 bits per heavy atom. The van der Waals surface area contributed by atoms with Crippen LogP contribution in [0.25, 0.3) is 0 Å². The van der Waals surface area contributed by atoms with Crippen LogP contribution in [0.5, 0.6) is 0 Å². The zero-order valence-corrected chi connectivity index (χ0v) is 13.3. The van der Waals surface area contributed by atoms with Gasteiger partial charge in [0.15, 0.2) is 5.92 Å². The van der Waals surface area contributed by atoms with Crippen LogP contribution in [0.3, 0.4) is 0 Å². The van der Waals surface area contributed by atoms with Crippen molar-refractivity contribution < 1.29 is 19.1 Å². The van der Waals surface area contributed by atoms with Crippen molar-refractivity contribution in [3.05, 3.63) is 12.2 Å². The van der Waals surface area contributed by atoms with E-state index in [1.807, 2.05) is 0 Å². The third kappa shape index (κ3) is 5.57. The van der Waals surface area contributed by atoms with Crippen LogP contribution >= 0.6 is 11.8 Å². The second kappa shape index (κ2) is 9.06. The van der Waals surface area contributed by atoms with Crippen molar-refractivity contribution in [1.29, 1.82) is 0 Å². The first-order valence-electron chi connectivity index (χ1n) is 7.00. The van der Waals surface area contributed by atoms with E-state index in [9.17, 15) is 9.59 Å². The minimum Gasteiger partial charge on any atom is -0.468 e. The number of esters is 2. The SMILES string of the molecule is COC(=O)C(CSCCCC1C=CC(C)C1)C(=O)OC. The molecule has 0 spiro atoms. The quantitative estimate of drug-likeness (QED) is 0.298. The van der Waals surface area contributed by atoms with Gasteiger partial charge in [0.05, 0.1) is 14.2 Å². The van der Waals surface area contributed by atoms with E-state index < -0.39 is 17.9 Å². The zero-order chi connectivity index (χ0) is 15.0. The molecule has 0 aliphatic heterocycles. The number of thioether (sulfide) groups is 1. The molecule has 1 aliphatic rings. The molecule has 2 unspecified atom stereocenters. The summed E-state index contributed by atoms with van der Waals surface area (Å²) in [6, 6.07) is 0. The van der Waals surface area contributed by atoms with Crippen molar-refractivity contribution in [2.75, 3.05) is 25.7 Å². The second-order valence-corrected chi connectivity index (χ2v) is 6.32. The van der Waals surface area contributed by atoms with Crippen LogP contribution < -0.4 is 0 Å². The first-order valence-corrected chi connectivity index (χ1v) is 8.15. The molecule has 0 heterocycles. The van der Waals surface area contributed by atoms with Crippen LogP contribution in [0.15, 0.2) is 12.2 Å². The molecule has 0 aromatic rings. The van der Waals surface area contributed by atoms with Crippen molar-refractivity contribution in [2.45, 2.75) is 26.2 Å². The van der Waals surface area contributed by atoms with E-state index in [0.29, 0.717) is 17.6 Å². The van der Waals surface area contributed by atoms with Gasteiger partial charge in [-0.1, -0.05) is 19.1 Å². The summed E-state index contributed by atoms with van der Waals surface area (Å²) in [7, 11) is 2.58. The Kier molecular flexibility index (Phi) is 7.73. The van der Waals surface area contributed by atoms with Gasteiger partial charge in [0.2, 0.25) is 0 Å². The molecule has 0 saturated heterocycles. The minimum atomic E-state index is -0.804. The van der Waals surface area contributed by atoms with Crippen LogP contribution in [-0.4, -0.2) is 37.7 Å². The van der Waals surface area contributed by atoms with E-state index in [1.165, 1.54) is 27.1 Å². The molecule has 0 fully saturated rings. The molecule has 0 aromatic carbocycles. The standard InChI is InChI=1S/C15H24O4S/c1-11-6-7-12(9-11)5-4-8-20-10-13(14(16)18-2)15(17)19-3/h6-7,11-13H,4-5,8-10H2,1-3H3. The summed E-state index contributed by atoms with van der Waals surface area (Å²) in [5, 5.41) is 0. The van der Waals surface area contributed by atoms with Gasteiger partial charge in [0.25, 0.3) is 0 Å². The van der Waals surface area contributed by atoms with Gasteiger partial charge in [-0.3, -0.25) is 9.59 Å². The Balaban J connectivity index is 2.19. The summed E-state index contributed by atoms with van der Waals surface area (Å²) in [5.74, 6) is 0.938. The molecule has 0 N–H and O–H groups in total. The van der Waals surface area contributed by atoms with E-state index >= 15 is 0 Å². The molecule has 1 aliphatic carbocycles. The van der Waals surface area contributed by atoms with Gasteiger partial charge in [-0.15, -0.1) is 0 Å². The van der Waals surface area contributed by atoms with E-state index in [0.717, 1.165) is 12.2 Å². The molecule has 0 bridgehead atoms. The normalized spacial score (nSPS) is 21.2. The molecule has 2 atom stereocenters. The lowest BCUT2D eigenvalue weighted by Gasteiger charge is -2.12. The lowest BCUT2D eigenvalue weighted by atomic mass is 10.0. The van der Waals surface area contributed by atoms with Crippen LogP contribution in [0, 0.1) is 17.8 Å². The van der Waals surface area contributed by atoms with Crippen molar-refractivity contribution >= 4 is 23.7 Å². The van der Waals surface area contributed by atoms with E-state index in [1.54, 1.807) is 11.8 Å². The van der Waals surface area contributed by atoms with E-state index in [4.69, 9.17) is 0 Å². The summed E-state index contributed by atoms with van der Waals surface area (Å²) >= 11 is 1.61. The fourth-order valence-electron chi connectivity index (χ4n) is 2.36. The molecule has 20 heavy (non-hydrogen) atoms. The summed E-state index contributed by atoms with van der Waals surface area (Å²) in [6.07, 6.45) is 8.11. The maximum Gasteiger partial charge on any atom is 0.320 e. The monoisotopic (exact) mass is 300 g/mol. The Morgan fingerprint density at radius 2 is 1.90 bits per heavy atom. The van der Waals surface area contributed by atoms with Crippen LogP contribution in [0.2, 0.25) is 0 Å². The topological polar surface area (TPSA) is 52.6 Å². The number of allylic oxidation sites excluding steroid dienone is 2. The fraction of sp³-hybridized carbons (Fsp3) is 0.733. The van der Waals surface area contributed by atoms with Crippen molar-refractivity contribution in [3.63, 3.8) is 0 Å². The summed E-state index contributed by atoms with van der Waals surface area (Å²) < 4.78 is 9.25. The van der Waals surface area contributed by atoms with E-state index in [-0.39, 0.29) is 0 Å². The highest BCUT2D eigenvalue weighted by molar-refractivity contribution is 7.99. The minimum absolute atomic E-state index is 0.427. The third-order valence-corrected chi connectivity index (χ3v) is 4.65. The molecule has 0 radical (unpaired) electrons. The Bertz CT molecular complexity index is 338. The third-order valence-electron chi connectivity index (χ3n) is 3.51. The fourth-order valence-corrected chi connectivity index (χ4v) is 3.41. The number of hydrogen-bond acceptors (Lipinski definition) is 5. The smallest absolute Gasteiger partial charge is 0.320 e. The van der Waals surface area contributed by atoms with Crippen molar-refractivity contribution in [2.24, 2.45) is 17.8 Å². The summed E-state index contributed by atoms with van der Waals surface area (Å²) in [5.41, 5.74) is 0. The van der Waals surface area contributed by atoms with E-state index in [2.05, 4.69) is 28.5 Å². The van der Waals surface area contributed by atoms with Crippen molar-refractivity contribution in [1.82, 2.24) is 0 Å². The summed E-state index contributed by atoms with van der Waals surface area (Å²) in [4.78, 5) is 23.0. The number of carbonyl (C=O) groups excluding carboxylic acids is 2. The molecule has 114 valence electrons.